The normalized spacial score (nSPS) is 22.0. The highest BCUT2D eigenvalue weighted by atomic mass is 32.1. The Morgan fingerprint density at radius 3 is 3.04 bits per heavy atom. The molecule has 4 heterocycles. The van der Waals surface area contributed by atoms with Crippen molar-refractivity contribution >= 4 is 22.4 Å². The van der Waals surface area contributed by atoms with E-state index in [1.54, 1.807) is 5.51 Å². The quantitative estimate of drug-likeness (QED) is 0.755. The Balaban J connectivity index is 1.34. The zero-order valence-corrected chi connectivity index (χ0v) is 16.1. The first kappa shape index (κ1) is 18.5. The molecule has 4 rings (SSSR count). The number of nitrogens with one attached hydrogen (secondary N) is 2. The lowest BCUT2D eigenvalue weighted by Gasteiger charge is -2.32. The summed E-state index contributed by atoms with van der Waals surface area (Å²) in [5, 5.41) is 18.5. The van der Waals surface area contributed by atoms with Crippen molar-refractivity contribution in [3.8, 4) is 0 Å². The summed E-state index contributed by atoms with van der Waals surface area (Å²) in [5.41, 5.74) is 4.10. The van der Waals surface area contributed by atoms with Gasteiger partial charge in [-0.1, -0.05) is 11.3 Å². The van der Waals surface area contributed by atoms with Crippen LogP contribution in [0.25, 0.3) is 0 Å². The number of anilines is 1. The summed E-state index contributed by atoms with van der Waals surface area (Å²) in [6.45, 7) is 6.61. The molecule has 0 saturated carbocycles. The van der Waals surface area contributed by atoms with Crippen LogP contribution in [0.2, 0.25) is 0 Å². The predicted octanol–water partition coefficient (Wildman–Crippen LogP) is 0.911. The van der Waals surface area contributed by atoms with Crippen molar-refractivity contribution in [2.75, 3.05) is 51.3 Å². The lowest BCUT2D eigenvalue weighted by atomic mass is 9.92. The van der Waals surface area contributed by atoms with E-state index in [0.29, 0.717) is 17.6 Å². The zero-order valence-electron chi connectivity index (χ0n) is 15.3. The van der Waals surface area contributed by atoms with E-state index in [2.05, 4.69) is 35.5 Å². The molecular weight excluding hydrogens is 366 g/mol. The van der Waals surface area contributed by atoms with Crippen LogP contribution in [0.4, 0.5) is 5.13 Å². The number of likely N-dealkylation sites (tertiary alicyclic amines) is 1. The third-order valence-electron chi connectivity index (χ3n) is 5.14. The van der Waals surface area contributed by atoms with Gasteiger partial charge in [0.25, 0.3) is 0 Å². The maximum absolute atomic E-state index is 12.2. The van der Waals surface area contributed by atoms with Gasteiger partial charge in [-0.15, -0.1) is 10.2 Å². The maximum Gasteiger partial charge on any atom is 0.240 e. The third-order valence-corrected chi connectivity index (χ3v) is 5.74. The standard InChI is InChI=1S/C17H25N7O2S/c25-15(20-17-22-19-12-27-17)11-24-3-1-2-13(9-24)16-14(8-18-21-16)10-23-4-6-26-7-5-23/h8,12-13H,1-7,9-11H2,(H,18,21)(H,20,22,25)/t13-/m1/s1. The Morgan fingerprint density at radius 1 is 1.33 bits per heavy atom. The molecule has 0 spiro atoms. The van der Waals surface area contributed by atoms with Crippen LogP contribution in [0.5, 0.6) is 0 Å². The molecule has 9 nitrogen and oxygen atoms in total. The van der Waals surface area contributed by atoms with Gasteiger partial charge in [0.2, 0.25) is 11.0 Å². The number of hydrogen-bond donors (Lipinski definition) is 2. The molecule has 2 aromatic heterocycles. The van der Waals surface area contributed by atoms with Gasteiger partial charge in [0.05, 0.1) is 26.0 Å². The molecule has 2 fully saturated rings. The van der Waals surface area contributed by atoms with E-state index in [0.717, 1.165) is 58.8 Å². The second-order valence-electron chi connectivity index (χ2n) is 7.06. The summed E-state index contributed by atoms with van der Waals surface area (Å²) in [6, 6.07) is 0. The number of H-pyrrole nitrogens is 1. The van der Waals surface area contributed by atoms with Crippen molar-refractivity contribution in [1.29, 1.82) is 0 Å². The Hall–Kier alpha value is -1.88. The molecule has 2 saturated heterocycles. The van der Waals surface area contributed by atoms with E-state index in [9.17, 15) is 4.79 Å². The van der Waals surface area contributed by atoms with Crippen LogP contribution in [-0.2, 0) is 16.1 Å². The highest BCUT2D eigenvalue weighted by Crippen LogP contribution is 2.28. The van der Waals surface area contributed by atoms with Gasteiger partial charge in [0.15, 0.2) is 0 Å². The second-order valence-corrected chi connectivity index (χ2v) is 7.90. The number of aromatic amines is 1. The van der Waals surface area contributed by atoms with Gasteiger partial charge in [-0.2, -0.15) is 5.10 Å². The first-order chi connectivity index (χ1) is 13.3. The predicted molar refractivity (Wildman–Crippen MR) is 102 cm³/mol. The molecule has 27 heavy (non-hydrogen) atoms. The van der Waals surface area contributed by atoms with Crippen molar-refractivity contribution in [1.82, 2.24) is 30.2 Å². The molecule has 0 unspecified atom stereocenters. The van der Waals surface area contributed by atoms with Gasteiger partial charge in [0.1, 0.15) is 5.51 Å². The van der Waals surface area contributed by atoms with E-state index in [1.807, 2.05) is 6.20 Å². The molecule has 1 atom stereocenters. The number of morpholine rings is 1. The van der Waals surface area contributed by atoms with Gasteiger partial charge >= 0.3 is 0 Å². The van der Waals surface area contributed by atoms with Gasteiger partial charge in [0, 0.05) is 43.4 Å². The largest absolute Gasteiger partial charge is 0.379 e. The molecule has 1 amide bonds. The number of piperidine rings is 1. The van der Waals surface area contributed by atoms with Crippen molar-refractivity contribution in [3.05, 3.63) is 23.0 Å². The number of hydrogen-bond acceptors (Lipinski definition) is 8. The number of ether oxygens (including phenoxy) is 1. The third kappa shape index (κ3) is 4.89. The summed E-state index contributed by atoms with van der Waals surface area (Å²) in [7, 11) is 0. The van der Waals surface area contributed by atoms with Crippen LogP contribution in [0.1, 0.15) is 30.0 Å². The van der Waals surface area contributed by atoms with Gasteiger partial charge in [-0.3, -0.25) is 25.0 Å². The van der Waals surface area contributed by atoms with Gasteiger partial charge in [-0.25, -0.2) is 0 Å². The van der Waals surface area contributed by atoms with Crippen LogP contribution in [-0.4, -0.2) is 82.0 Å². The van der Waals surface area contributed by atoms with Crippen molar-refractivity contribution in [2.24, 2.45) is 0 Å². The summed E-state index contributed by atoms with van der Waals surface area (Å²) in [6.07, 6.45) is 4.14. The smallest absolute Gasteiger partial charge is 0.240 e. The number of aromatic nitrogens is 4. The lowest BCUT2D eigenvalue weighted by Crippen LogP contribution is -2.40. The van der Waals surface area contributed by atoms with Crippen molar-refractivity contribution in [3.63, 3.8) is 0 Å². The summed E-state index contributed by atoms with van der Waals surface area (Å²) < 4.78 is 5.44. The van der Waals surface area contributed by atoms with Gasteiger partial charge in [-0.05, 0) is 19.4 Å². The average molecular weight is 392 g/mol. The Kier molecular flexibility index (Phi) is 6.07. The van der Waals surface area contributed by atoms with Crippen LogP contribution in [0.3, 0.4) is 0 Å². The van der Waals surface area contributed by atoms with E-state index < -0.39 is 0 Å². The number of rotatable bonds is 6. The van der Waals surface area contributed by atoms with E-state index >= 15 is 0 Å². The SMILES string of the molecule is O=C(CN1CCC[C@@H](c2[nH]ncc2CN2CCOCC2)C1)Nc1nncs1. The molecule has 10 heteroatoms. The van der Waals surface area contributed by atoms with Crippen LogP contribution in [0, 0.1) is 0 Å². The van der Waals surface area contributed by atoms with Crippen LogP contribution in [0.15, 0.2) is 11.7 Å². The minimum atomic E-state index is -0.0365. The highest BCUT2D eigenvalue weighted by Gasteiger charge is 2.26. The molecule has 2 aromatic rings. The van der Waals surface area contributed by atoms with Crippen LogP contribution < -0.4 is 5.32 Å². The number of carbonyl (C=O) groups is 1. The molecule has 0 bridgehead atoms. The Bertz CT molecular complexity index is 729. The van der Waals surface area contributed by atoms with Crippen molar-refractivity contribution < 1.29 is 9.53 Å². The summed E-state index contributed by atoms with van der Waals surface area (Å²) in [4.78, 5) is 16.9. The molecule has 0 aromatic carbocycles. The number of nitrogens with zero attached hydrogens (tertiary/aromatic N) is 5. The minimum Gasteiger partial charge on any atom is -0.379 e. The molecule has 146 valence electrons. The fourth-order valence-corrected chi connectivity index (χ4v) is 4.29. The topological polar surface area (TPSA) is 99.3 Å². The van der Waals surface area contributed by atoms with Gasteiger partial charge < -0.3 is 4.74 Å². The molecule has 0 aliphatic carbocycles. The number of amides is 1. The summed E-state index contributed by atoms with van der Waals surface area (Å²) >= 11 is 1.33. The fraction of sp³-hybridized carbons (Fsp3) is 0.647. The van der Waals surface area contributed by atoms with E-state index in [4.69, 9.17) is 4.74 Å². The first-order valence-electron chi connectivity index (χ1n) is 9.38. The average Bonchev–Trinajstić information content (AvgIpc) is 3.35. The van der Waals surface area contributed by atoms with Crippen LogP contribution >= 0.6 is 11.3 Å². The first-order valence-corrected chi connectivity index (χ1v) is 10.3. The monoisotopic (exact) mass is 391 g/mol. The molecule has 2 N–H and O–H groups in total. The maximum atomic E-state index is 12.2. The number of carbonyl (C=O) groups excluding carboxylic acids is 1. The minimum absolute atomic E-state index is 0.0365. The lowest BCUT2D eigenvalue weighted by molar-refractivity contribution is -0.117. The summed E-state index contributed by atoms with van der Waals surface area (Å²) in [5.74, 6) is 0.345. The molecular formula is C17H25N7O2S. The highest BCUT2D eigenvalue weighted by molar-refractivity contribution is 7.13. The van der Waals surface area contributed by atoms with Crippen molar-refractivity contribution in [2.45, 2.75) is 25.3 Å². The van der Waals surface area contributed by atoms with E-state index in [1.165, 1.54) is 22.6 Å². The van der Waals surface area contributed by atoms with E-state index in [-0.39, 0.29) is 5.91 Å². The second kappa shape index (κ2) is 8.87. The molecule has 2 aliphatic heterocycles. The molecule has 0 radical (unpaired) electrons. The Labute approximate surface area is 162 Å². The zero-order chi connectivity index (χ0) is 18.5. The fourth-order valence-electron chi connectivity index (χ4n) is 3.82. The molecule has 2 aliphatic rings. The Morgan fingerprint density at radius 2 is 2.22 bits per heavy atom.